The standard InChI is InChI=1S/C46H32/c1-2-13-33(14-3-1)39-29-28-34-15-6-7-17-38(34)45(39)46-42-20-10-8-18-40(42)44(41-19-9-11-21-43(41)46)35-25-22-32(23-26-35)37-27-24-31-12-4-5-16-36(31)30-37/h1-30,40,44H. The van der Waals surface area contributed by atoms with Gasteiger partial charge in [0, 0.05) is 11.8 Å². The van der Waals surface area contributed by atoms with Gasteiger partial charge in [-0.3, -0.25) is 0 Å². The molecule has 0 saturated carbocycles. The maximum atomic E-state index is 2.42. The van der Waals surface area contributed by atoms with Crippen molar-refractivity contribution >= 4 is 27.1 Å². The van der Waals surface area contributed by atoms with Crippen LogP contribution in [0.1, 0.15) is 28.2 Å². The monoisotopic (exact) mass is 584 g/mol. The first-order chi connectivity index (χ1) is 22.8. The molecule has 0 N–H and O–H groups in total. The van der Waals surface area contributed by atoms with Gasteiger partial charge in [-0.05, 0) is 83.3 Å². The molecule has 0 bridgehead atoms. The third kappa shape index (κ3) is 4.37. The van der Waals surface area contributed by atoms with E-state index >= 15 is 0 Å². The second-order valence-electron chi connectivity index (χ2n) is 12.4. The second kappa shape index (κ2) is 11.0. The summed E-state index contributed by atoms with van der Waals surface area (Å²) in [6, 6.07) is 58.1. The Morgan fingerprint density at radius 2 is 1.13 bits per heavy atom. The lowest BCUT2D eigenvalue weighted by Crippen LogP contribution is -2.23. The Morgan fingerprint density at radius 3 is 2.00 bits per heavy atom. The number of fused-ring (bicyclic) bond motifs is 4. The molecule has 0 nitrogen and oxygen atoms in total. The van der Waals surface area contributed by atoms with Gasteiger partial charge in [-0.15, -0.1) is 0 Å². The predicted octanol–water partition coefficient (Wildman–Crippen LogP) is 12.0. The molecule has 0 radical (unpaired) electrons. The Hall–Kier alpha value is -5.72. The van der Waals surface area contributed by atoms with Crippen molar-refractivity contribution in [3.8, 4) is 22.3 Å². The van der Waals surface area contributed by atoms with E-state index in [0.717, 1.165) is 0 Å². The first-order valence-electron chi connectivity index (χ1n) is 16.2. The Balaban J connectivity index is 1.23. The van der Waals surface area contributed by atoms with Crippen LogP contribution in [-0.4, -0.2) is 0 Å². The highest BCUT2D eigenvalue weighted by atomic mass is 14.4. The molecule has 2 atom stereocenters. The fourth-order valence-electron chi connectivity index (χ4n) is 7.76. The van der Waals surface area contributed by atoms with Crippen LogP contribution in [0.2, 0.25) is 0 Å². The van der Waals surface area contributed by atoms with Crippen molar-refractivity contribution in [2.24, 2.45) is 5.92 Å². The summed E-state index contributed by atoms with van der Waals surface area (Å²) in [5.74, 6) is 0.445. The van der Waals surface area contributed by atoms with Crippen molar-refractivity contribution in [1.29, 1.82) is 0 Å². The highest BCUT2D eigenvalue weighted by molar-refractivity contribution is 6.06. The third-order valence-electron chi connectivity index (χ3n) is 9.89. The van der Waals surface area contributed by atoms with Gasteiger partial charge in [-0.25, -0.2) is 0 Å². The summed E-state index contributed by atoms with van der Waals surface area (Å²) in [6.07, 6.45) is 9.23. The zero-order valence-corrected chi connectivity index (χ0v) is 25.5. The van der Waals surface area contributed by atoms with E-state index in [9.17, 15) is 0 Å². The summed E-state index contributed by atoms with van der Waals surface area (Å²) >= 11 is 0. The van der Waals surface area contributed by atoms with Crippen molar-refractivity contribution in [2.45, 2.75) is 5.92 Å². The molecule has 7 aromatic carbocycles. The van der Waals surface area contributed by atoms with Crippen molar-refractivity contribution in [1.82, 2.24) is 0 Å². The number of benzene rings is 7. The normalized spacial score (nSPS) is 16.9. The van der Waals surface area contributed by atoms with Gasteiger partial charge in [0.05, 0.1) is 0 Å². The fraction of sp³-hybridized carbons (Fsp3) is 0.0435. The van der Waals surface area contributed by atoms with E-state index < -0.39 is 0 Å². The van der Waals surface area contributed by atoms with Crippen molar-refractivity contribution in [3.63, 3.8) is 0 Å². The average molecular weight is 585 g/mol. The van der Waals surface area contributed by atoms with Crippen LogP contribution >= 0.6 is 0 Å². The van der Waals surface area contributed by atoms with Crippen LogP contribution < -0.4 is 0 Å². The lowest BCUT2D eigenvalue weighted by Gasteiger charge is -2.37. The SMILES string of the molecule is C1=CC2=C(c3c(-c4ccccc4)ccc4ccccc34)c3ccccc3C(c3ccc(-c4ccc5ccccc5c4)cc3)C2C=C1. The number of hydrogen-bond acceptors (Lipinski definition) is 0. The van der Waals surface area contributed by atoms with Gasteiger partial charge >= 0.3 is 0 Å². The van der Waals surface area contributed by atoms with Crippen LogP contribution in [0, 0.1) is 5.92 Å². The maximum Gasteiger partial charge on any atom is 0.0199 e. The van der Waals surface area contributed by atoms with Crippen LogP contribution in [0.15, 0.2) is 188 Å². The Labute approximate surface area is 270 Å². The van der Waals surface area contributed by atoms with Crippen LogP contribution in [-0.2, 0) is 0 Å². The molecule has 2 aliphatic carbocycles. The maximum absolute atomic E-state index is 2.42. The molecule has 2 unspecified atom stereocenters. The zero-order chi connectivity index (χ0) is 30.5. The summed E-state index contributed by atoms with van der Waals surface area (Å²) in [7, 11) is 0. The van der Waals surface area contributed by atoms with Gasteiger partial charge in [-0.1, -0.05) is 176 Å². The van der Waals surface area contributed by atoms with Crippen LogP contribution in [0.5, 0.6) is 0 Å². The second-order valence-corrected chi connectivity index (χ2v) is 12.4. The molecule has 46 heavy (non-hydrogen) atoms. The molecule has 0 aromatic heterocycles. The van der Waals surface area contributed by atoms with Crippen molar-refractivity contribution in [2.75, 3.05) is 0 Å². The van der Waals surface area contributed by atoms with Gasteiger partial charge in [0.1, 0.15) is 0 Å². The number of rotatable bonds is 4. The first kappa shape index (κ1) is 26.7. The predicted molar refractivity (Wildman–Crippen MR) is 195 cm³/mol. The van der Waals surface area contributed by atoms with E-state index in [4.69, 9.17) is 0 Å². The molecule has 0 heterocycles. The Kier molecular flexibility index (Phi) is 6.39. The minimum atomic E-state index is 0.219. The Morgan fingerprint density at radius 1 is 0.435 bits per heavy atom. The topological polar surface area (TPSA) is 0 Å². The summed E-state index contributed by atoms with van der Waals surface area (Å²) < 4.78 is 0. The summed E-state index contributed by atoms with van der Waals surface area (Å²) in [4.78, 5) is 0. The third-order valence-corrected chi connectivity index (χ3v) is 9.89. The Bertz CT molecular complexity index is 2350. The molecule has 7 aromatic rings. The van der Waals surface area contributed by atoms with Crippen molar-refractivity contribution in [3.05, 3.63) is 210 Å². The minimum absolute atomic E-state index is 0.219. The molecule has 2 aliphatic rings. The smallest absolute Gasteiger partial charge is 0.0199 e. The molecule has 0 spiro atoms. The summed E-state index contributed by atoms with van der Waals surface area (Å²) in [6.45, 7) is 0. The molecule has 0 amide bonds. The minimum Gasteiger partial charge on any atom is -0.0760 e. The van der Waals surface area contributed by atoms with Gasteiger partial charge < -0.3 is 0 Å². The largest absolute Gasteiger partial charge is 0.0760 e. The molecular formula is C46H32. The fourth-order valence-corrected chi connectivity index (χ4v) is 7.76. The molecule has 0 aliphatic heterocycles. The zero-order valence-electron chi connectivity index (χ0n) is 25.5. The number of hydrogen-bond donors (Lipinski definition) is 0. The molecule has 216 valence electrons. The van der Waals surface area contributed by atoms with E-state index in [0.29, 0.717) is 0 Å². The van der Waals surface area contributed by atoms with Crippen molar-refractivity contribution < 1.29 is 0 Å². The van der Waals surface area contributed by atoms with Gasteiger partial charge in [0.15, 0.2) is 0 Å². The summed E-state index contributed by atoms with van der Waals surface area (Å²) in [5, 5.41) is 5.10. The first-order valence-corrected chi connectivity index (χ1v) is 16.2. The molecule has 0 fully saturated rings. The van der Waals surface area contributed by atoms with Gasteiger partial charge in [0.25, 0.3) is 0 Å². The number of allylic oxidation sites excluding steroid dienone is 5. The van der Waals surface area contributed by atoms with E-state index in [-0.39, 0.29) is 11.8 Å². The van der Waals surface area contributed by atoms with E-state index in [1.165, 1.54) is 77.2 Å². The highest BCUT2D eigenvalue weighted by Crippen LogP contribution is 2.52. The molecular weight excluding hydrogens is 553 g/mol. The summed E-state index contributed by atoms with van der Waals surface area (Å²) in [5.41, 5.74) is 13.1. The molecule has 0 heteroatoms. The molecule has 0 saturated heterocycles. The lowest BCUT2D eigenvalue weighted by molar-refractivity contribution is 0.649. The van der Waals surface area contributed by atoms with Gasteiger partial charge in [0.2, 0.25) is 0 Å². The van der Waals surface area contributed by atoms with Crippen LogP contribution in [0.25, 0.3) is 49.4 Å². The highest BCUT2D eigenvalue weighted by Gasteiger charge is 2.36. The van der Waals surface area contributed by atoms with E-state index in [1.54, 1.807) is 0 Å². The van der Waals surface area contributed by atoms with Gasteiger partial charge in [-0.2, -0.15) is 0 Å². The quantitative estimate of drug-likeness (QED) is 0.193. The average Bonchev–Trinajstić information content (AvgIpc) is 3.14. The molecule has 9 rings (SSSR count). The van der Waals surface area contributed by atoms with Crippen LogP contribution in [0.4, 0.5) is 0 Å². The van der Waals surface area contributed by atoms with E-state index in [2.05, 4.69) is 182 Å². The van der Waals surface area contributed by atoms with Crippen LogP contribution in [0.3, 0.4) is 0 Å². The van der Waals surface area contributed by atoms with E-state index in [1.807, 2.05) is 0 Å². The lowest BCUT2D eigenvalue weighted by atomic mass is 9.65.